The maximum atomic E-state index is 6.44. The summed E-state index contributed by atoms with van der Waals surface area (Å²) in [6.45, 7) is 2.05. The van der Waals surface area contributed by atoms with Crippen LogP contribution in [0.1, 0.15) is 28.3 Å². The van der Waals surface area contributed by atoms with Crippen LogP contribution in [0.25, 0.3) is 11.4 Å². The number of benzene rings is 3. The van der Waals surface area contributed by atoms with E-state index in [0.29, 0.717) is 0 Å². The number of aromatic nitrogens is 2. The van der Waals surface area contributed by atoms with Crippen LogP contribution in [0.3, 0.4) is 0 Å². The summed E-state index contributed by atoms with van der Waals surface area (Å²) in [6.07, 6.45) is 2.21. The van der Waals surface area contributed by atoms with Crippen LogP contribution in [0.4, 0.5) is 0 Å². The summed E-state index contributed by atoms with van der Waals surface area (Å²) in [5.41, 5.74) is 5.39. The van der Waals surface area contributed by atoms with Crippen molar-refractivity contribution in [2.45, 2.75) is 12.8 Å². The van der Waals surface area contributed by atoms with Crippen molar-refractivity contribution in [3.8, 4) is 11.6 Å². The van der Waals surface area contributed by atoms with Gasteiger partial charge in [0, 0.05) is 17.0 Å². The van der Waals surface area contributed by atoms with Gasteiger partial charge in [-0.15, -0.1) is 0 Å². The summed E-state index contributed by atoms with van der Waals surface area (Å²) in [4.78, 5) is 0. The number of hydrogen-bond acceptors (Lipinski definition) is 2. The molecule has 3 heteroatoms. The third kappa shape index (κ3) is 2.81. The van der Waals surface area contributed by atoms with E-state index in [1.165, 1.54) is 5.56 Å². The summed E-state index contributed by atoms with van der Waals surface area (Å²) >= 11 is 0. The molecule has 0 saturated heterocycles. The monoisotopic (exact) mass is 364 g/mol. The molecule has 0 fully saturated rings. The van der Waals surface area contributed by atoms with E-state index in [2.05, 4.69) is 49.4 Å². The number of ether oxygens (including phenoxy) is 1. The Morgan fingerprint density at radius 2 is 1.39 bits per heavy atom. The summed E-state index contributed by atoms with van der Waals surface area (Å²) in [6, 6.07) is 30.9. The van der Waals surface area contributed by atoms with Crippen molar-refractivity contribution in [1.82, 2.24) is 9.78 Å². The zero-order valence-electron chi connectivity index (χ0n) is 15.6. The molecule has 1 aliphatic heterocycles. The van der Waals surface area contributed by atoms with Crippen molar-refractivity contribution < 1.29 is 4.74 Å². The molecule has 0 saturated carbocycles. The minimum absolute atomic E-state index is 0.0950. The maximum Gasteiger partial charge on any atom is 0.227 e. The van der Waals surface area contributed by atoms with Crippen LogP contribution < -0.4 is 4.74 Å². The van der Waals surface area contributed by atoms with Crippen molar-refractivity contribution >= 4 is 5.76 Å². The molecule has 4 aromatic rings. The van der Waals surface area contributed by atoms with Crippen LogP contribution in [-0.4, -0.2) is 9.78 Å². The Morgan fingerprint density at radius 1 is 0.786 bits per heavy atom. The molecule has 0 unspecified atom stereocenters. The molecule has 0 bridgehead atoms. The quantitative estimate of drug-likeness (QED) is 0.463. The van der Waals surface area contributed by atoms with E-state index in [9.17, 15) is 0 Å². The van der Waals surface area contributed by atoms with Gasteiger partial charge in [-0.3, -0.25) is 0 Å². The number of nitrogens with zero attached hydrogens (tertiary/aromatic N) is 2. The summed E-state index contributed by atoms with van der Waals surface area (Å²) in [7, 11) is 0. The van der Waals surface area contributed by atoms with Crippen molar-refractivity contribution in [3.63, 3.8) is 0 Å². The lowest BCUT2D eigenvalue weighted by Crippen LogP contribution is -2.12. The lowest BCUT2D eigenvalue weighted by molar-refractivity contribution is 0.455. The molecular weight excluding hydrogens is 344 g/mol. The summed E-state index contributed by atoms with van der Waals surface area (Å²) in [5, 5.41) is 4.82. The Bertz CT molecular complexity index is 1130. The molecule has 5 rings (SSSR count). The minimum Gasteiger partial charge on any atom is -0.438 e. The number of para-hydroxylation sites is 1. The van der Waals surface area contributed by atoms with E-state index >= 15 is 0 Å². The highest BCUT2D eigenvalue weighted by molar-refractivity contribution is 5.68. The van der Waals surface area contributed by atoms with Gasteiger partial charge >= 0.3 is 0 Å². The highest BCUT2D eigenvalue weighted by Crippen LogP contribution is 2.43. The van der Waals surface area contributed by atoms with Gasteiger partial charge in [-0.05, 0) is 30.7 Å². The number of rotatable bonds is 3. The average Bonchev–Trinajstić information content (AvgIpc) is 3.11. The normalized spacial score (nSPS) is 15.5. The number of fused-ring (bicyclic) bond motifs is 1. The fourth-order valence-corrected chi connectivity index (χ4v) is 3.77. The van der Waals surface area contributed by atoms with Gasteiger partial charge in [-0.1, -0.05) is 78.9 Å². The SMILES string of the molecule is Cc1nn(-c2ccccc2)c2c1[C@H](c1ccccc1)C=C(c1ccccc1)O2. The van der Waals surface area contributed by atoms with Gasteiger partial charge in [0.15, 0.2) is 0 Å². The van der Waals surface area contributed by atoms with Crippen molar-refractivity contribution in [2.24, 2.45) is 0 Å². The first kappa shape index (κ1) is 16.6. The van der Waals surface area contributed by atoms with Crippen molar-refractivity contribution in [2.75, 3.05) is 0 Å². The second kappa shape index (κ2) is 6.86. The van der Waals surface area contributed by atoms with Gasteiger partial charge in [0.1, 0.15) is 5.76 Å². The van der Waals surface area contributed by atoms with Gasteiger partial charge in [-0.2, -0.15) is 5.10 Å². The molecule has 1 aliphatic rings. The van der Waals surface area contributed by atoms with Gasteiger partial charge in [-0.25, -0.2) is 4.68 Å². The fourth-order valence-electron chi connectivity index (χ4n) is 3.77. The van der Waals surface area contributed by atoms with Crippen LogP contribution in [-0.2, 0) is 0 Å². The third-order valence-corrected chi connectivity index (χ3v) is 5.12. The average molecular weight is 364 g/mol. The molecule has 28 heavy (non-hydrogen) atoms. The summed E-state index contributed by atoms with van der Waals surface area (Å²) < 4.78 is 8.35. The van der Waals surface area contributed by atoms with Crippen molar-refractivity contribution in [3.05, 3.63) is 119 Å². The van der Waals surface area contributed by atoms with Gasteiger partial charge in [0.05, 0.1) is 11.4 Å². The predicted molar refractivity (Wildman–Crippen MR) is 112 cm³/mol. The molecule has 1 aromatic heterocycles. The Labute approximate surface area is 164 Å². The zero-order chi connectivity index (χ0) is 18.9. The second-order valence-corrected chi connectivity index (χ2v) is 6.94. The minimum atomic E-state index is 0.0950. The van der Waals surface area contributed by atoms with Crippen LogP contribution >= 0.6 is 0 Å². The van der Waals surface area contributed by atoms with Crippen LogP contribution in [0.5, 0.6) is 5.88 Å². The van der Waals surface area contributed by atoms with Crippen LogP contribution in [0.15, 0.2) is 97.1 Å². The van der Waals surface area contributed by atoms with Gasteiger partial charge in [0.25, 0.3) is 0 Å². The maximum absolute atomic E-state index is 6.44. The molecule has 0 N–H and O–H groups in total. The van der Waals surface area contributed by atoms with Crippen LogP contribution in [0.2, 0.25) is 0 Å². The molecule has 0 spiro atoms. The molecule has 2 heterocycles. The summed E-state index contributed by atoms with van der Waals surface area (Å²) in [5.74, 6) is 1.75. The topological polar surface area (TPSA) is 27.1 Å². The fraction of sp³-hybridized carbons (Fsp3) is 0.0800. The number of allylic oxidation sites excluding steroid dienone is 1. The second-order valence-electron chi connectivity index (χ2n) is 6.94. The Balaban J connectivity index is 1.72. The van der Waals surface area contributed by atoms with E-state index in [1.54, 1.807) is 0 Å². The largest absolute Gasteiger partial charge is 0.438 e. The van der Waals surface area contributed by atoms with E-state index in [4.69, 9.17) is 9.84 Å². The number of hydrogen-bond donors (Lipinski definition) is 0. The van der Waals surface area contributed by atoms with Crippen LogP contribution in [0, 0.1) is 6.92 Å². The Kier molecular flexibility index (Phi) is 4.06. The molecule has 0 radical (unpaired) electrons. The molecular formula is C25H20N2O. The first-order valence-electron chi connectivity index (χ1n) is 9.46. The molecule has 3 nitrogen and oxygen atoms in total. The van der Waals surface area contributed by atoms with Gasteiger partial charge < -0.3 is 4.74 Å². The molecule has 0 aliphatic carbocycles. The molecule has 136 valence electrons. The first-order chi connectivity index (χ1) is 13.8. The lowest BCUT2D eigenvalue weighted by atomic mass is 9.88. The third-order valence-electron chi connectivity index (χ3n) is 5.12. The first-order valence-corrected chi connectivity index (χ1v) is 9.46. The Hall–Kier alpha value is -3.59. The van der Waals surface area contributed by atoms with Crippen molar-refractivity contribution in [1.29, 1.82) is 0 Å². The Morgan fingerprint density at radius 3 is 2.07 bits per heavy atom. The molecule has 0 amide bonds. The molecule has 3 aromatic carbocycles. The van der Waals surface area contributed by atoms with Gasteiger partial charge in [0.2, 0.25) is 5.88 Å². The highest BCUT2D eigenvalue weighted by atomic mass is 16.5. The van der Waals surface area contributed by atoms with E-state index in [-0.39, 0.29) is 5.92 Å². The van der Waals surface area contributed by atoms with E-state index < -0.39 is 0 Å². The number of aryl methyl sites for hydroxylation is 1. The predicted octanol–water partition coefficient (Wildman–Crippen LogP) is 5.75. The van der Waals surface area contributed by atoms with E-state index in [1.807, 2.05) is 59.3 Å². The standard InChI is InChI=1S/C25H20N2O/c1-18-24-22(19-11-5-2-6-12-19)17-23(20-13-7-3-8-14-20)28-25(24)27(26-18)21-15-9-4-10-16-21/h2-17,22H,1H3/t22-/m0/s1. The highest BCUT2D eigenvalue weighted by Gasteiger charge is 2.31. The lowest BCUT2D eigenvalue weighted by Gasteiger charge is -2.24. The van der Waals surface area contributed by atoms with E-state index in [0.717, 1.165) is 34.1 Å². The zero-order valence-corrected chi connectivity index (χ0v) is 15.6. The molecule has 1 atom stereocenters. The smallest absolute Gasteiger partial charge is 0.227 e.